The van der Waals surface area contributed by atoms with Crippen LogP contribution in [-0.4, -0.2) is 39.1 Å². The maximum atomic E-state index is 13.4. The van der Waals surface area contributed by atoms with Gasteiger partial charge in [0.25, 0.3) is 5.91 Å². The van der Waals surface area contributed by atoms with Crippen LogP contribution in [0.5, 0.6) is 0 Å². The van der Waals surface area contributed by atoms with Gasteiger partial charge in [0.05, 0.1) is 12.2 Å². The zero-order chi connectivity index (χ0) is 21.5. The van der Waals surface area contributed by atoms with Gasteiger partial charge >= 0.3 is 6.03 Å². The van der Waals surface area contributed by atoms with Crippen LogP contribution in [-0.2, 0) is 15.1 Å². The van der Waals surface area contributed by atoms with Crippen molar-refractivity contribution in [2.24, 2.45) is 0 Å². The van der Waals surface area contributed by atoms with E-state index in [1.54, 1.807) is 16.9 Å². The minimum absolute atomic E-state index is 0.0120. The molecule has 8 nitrogen and oxygen atoms in total. The van der Waals surface area contributed by atoms with E-state index in [1.807, 2.05) is 0 Å². The molecule has 0 spiro atoms. The zero-order valence-corrected chi connectivity index (χ0v) is 17.1. The second-order valence-corrected chi connectivity index (χ2v) is 8.13. The van der Waals surface area contributed by atoms with Crippen LogP contribution in [0.25, 0.3) is 0 Å². The van der Waals surface area contributed by atoms with Crippen molar-refractivity contribution in [3.05, 3.63) is 46.9 Å². The fraction of sp³-hybridized carbons (Fsp3) is 0.400. The lowest BCUT2D eigenvalue weighted by molar-refractivity contribution is -0.133. The van der Waals surface area contributed by atoms with Crippen LogP contribution < -0.4 is 10.6 Å². The van der Waals surface area contributed by atoms with E-state index >= 15 is 0 Å². The molecule has 0 bridgehead atoms. The summed E-state index contributed by atoms with van der Waals surface area (Å²) in [6.07, 6.45) is 5.83. The van der Waals surface area contributed by atoms with E-state index in [2.05, 4.69) is 15.7 Å². The molecule has 1 aliphatic heterocycles. The first-order valence-electron chi connectivity index (χ1n) is 9.72. The summed E-state index contributed by atoms with van der Waals surface area (Å²) in [4.78, 5) is 38.8. The second kappa shape index (κ2) is 7.71. The van der Waals surface area contributed by atoms with Gasteiger partial charge in [0.2, 0.25) is 5.91 Å². The van der Waals surface area contributed by atoms with Crippen molar-refractivity contribution >= 4 is 35.3 Å². The molecule has 1 atom stereocenters. The standard InChI is InChI=1S/C20H21ClFN5O3/c1-20(14-7-6-12(22)10-15(14)21)18(29)26(19(30)25-20)11-17(28)24-16-8-9-23-27(16)13-4-2-3-5-13/h6-10,13H,2-5,11H2,1H3,(H,24,28)(H,25,30). The van der Waals surface area contributed by atoms with Crippen LogP contribution >= 0.6 is 11.6 Å². The number of benzene rings is 1. The van der Waals surface area contributed by atoms with Crippen LogP contribution in [0.1, 0.15) is 44.2 Å². The van der Waals surface area contributed by atoms with Gasteiger partial charge in [-0.05, 0) is 31.9 Å². The molecule has 1 aliphatic carbocycles. The Labute approximate surface area is 177 Å². The molecule has 1 saturated carbocycles. The summed E-state index contributed by atoms with van der Waals surface area (Å²) in [6, 6.07) is 4.77. The van der Waals surface area contributed by atoms with Crippen molar-refractivity contribution in [3.8, 4) is 0 Å². The van der Waals surface area contributed by atoms with Gasteiger partial charge in [-0.15, -0.1) is 0 Å². The number of amides is 4. The SMILES string of the molecule is CC1(c2ccc(F)cc2Cl)NC(=O)N(CC(=O)Nc2ccnn2C2CCCC2)C1=O. The number of urea groups is 1. The first kappa shape index (κ1) is 20.3. The van der Waals surface area contributed by atoms with Crippen molar-refractivity contribution in [1.29, 1.82) is 0 Å². The molecule has 30 heavy (non-hydrogen) atoms. The highest BCUT2D eigenvalue weighted by molar-refractivity contribution is 6.32. The third kappa shape index (κ3) is 3.54. The fourth-order valence-corrected chi connectivity index (χ4v) is 4.45. The summed E-state index contributed by atoms with van der Waals surface area (Å²) in [5, 5.41) is 9.59. The third-order valence-electron chi connectivity index (χ3n) is 5.65. The van der Waals surface area contributed by atoms with E-state index in [0.29, 0.717) is 5.82 Å². The van der Waals surface area contributed by atoms with Crippen molar-refractivity contribution in [2.75, 3.05) is 11.9 Å². The number of aromatic nitrogens is 2. The number of rotatable bonds is 5. The molecular formula is C20H21ClFN5O3. The minimum atomic E-state index is -1.49. The molecule has 0 radical (unpaired) electrons. The molecule has 1 aromatic carbocycles. The van der Waals surface area contributed by atoms with Crippen LogP contribution in [0.4, 0.5) is 15.0 Å². The van der Waals surface area contributed by atoms with E-state index in [4.69, 9.17) is 11.6 Å². The lowest BCUT2D eigenvalue weighted by Crippen LogP contribution is -2.42. The Balaban J connectivity index is 1.49. The summed E-state index contributed by atoms with van der Waals surface area (Å²) in [5.41, 5.74) is -1.24. The number of hydrogen-bond acceptors (Lipinski definition) is 4. The Morgan fingerprint density at radius 2 is 2.07 bits per heavy atom. The Kier molecular flexibility index (Phi) is 5.23. The lowest BCUT2D eigenvalue weighted by Gasteiger charge is -2.23. The van der Waals surface area contributed by atoms with Gasteiger partial charge in [-0.25, -0.2) is 13.9 Å². The number of halogens is 2. The molecule has 4 amide bonds. The van der Waals surface area contributed by atoms with E-state index < -0.39 is 35.7 Å². The number of nitrogens with one attached hydrogen (secondary N) is 2. The van der Waals surface area contributed by atoms with E-state index in [-0.39, 0.29) is 16.6 Å². The van der Waals surface area contributed by atoms with E-state index in [1.165, 1.54) is 13.0 Å². The summed E-state index contributed by atoms with van der Waals surface area (Å²) in [7, 11) is 0. The monoisotopic (exact) mass is 433 g/mol. The van der Waals surface area contributed by atoms with Crippen molar-refractivity contribution < 1.29 is 18.8 Å². The van der Waals surface area contributed by atoms with Crippen LogP contribution in [0.2, 0.25) is 5.02 Å². The van der Waals surface area contributed by atoms with Gasteiger partial charge in [0.1, 0.15) is 23.7 Å². The topological polar surface area (TPSA) is 96.3 Å². The first-order valence-corrected chi connectivity index (χ1v) is 10.1. The average molecular weight is 434 g/mol. The molecule has 1 saturated heterocycles. The Morgan fingerprint density at radius 1 is 1.33 bits per heavy atom. The predicted molar refractivity (Wildman–Crippen MR) is 107 cm³/mol. The Morgan fingerprint density at radius 3 is 2.77 bits per heavy atom. The van der Waals surface area contributed by atoms with Gasteiger partial charge < -0.3 is 10.6 Å². The zero-order valence-electron chi connectivity index (χ0n) is 16.3. The number of nitrogens with zero attached hydrogens (tertiary/aromatic N) is 3. The average Bonchev–Trinajstić information content (AvgIpc) is 3.40. The number of hydrogen-bond donors (Lipinski definition) is 2. The maximum Gasteiger partial charge on any atom is 0.325 e. The molecule has 2 N–H and O–H groups in total. The number of carbonyl (C=O) groups excluding carboxylic acids is 3. The first-order chi connectivity index (χ1) is 14.3. The second-order valence-electron chi connectivity index (χ2n) is 7.72. The third-order valence-corrected chi connectivity index (χ3v) is 5.97. The van der Waals surface area contributed by atoms with Gasteiger partial charge in [-0.1, -0.05) is 30.5 Å². The summed E-state index contributed by atoms with van der Waals surface area (Å²) in [6.45, 7) is 1.01. The fourth-order valence-electron chi connectivity index (χ4n) is 4.10. The Bertz CT molecular complexity index is 1020. The summed E-state index contributed by atoms with van der Waals surface area (Å²) in [5.74, 6) is -1.18. The molecule has 2 aromatic rings. The van der Waals surface area contributed by atoms with Crippen LogP contribution in [0.3, 0.4) is 0 Å². The summed E-state index contributed by atoms with van der Waals surface area (Å²) < 4.78 is 15.2. The predicted octanol–water partition coefficient (Wildman–Crippen LogP) is 3.20. The van der Waals surface area contributed by atoms with Gasteiger partial charge in [-0.3, -0.25) is 14.5 Å². The molecule has 2 aliphatic rings. The normalized spacial score (nSPS) is 21.9. The summed E-state index contributed by atoms with van der Waals surface area (Å²) >= 11 is 6.09. The van der Waals surface area contributed by atoms with E-state index in [9.17, 15) is 18.8 Å². The number of anilines is 1. The number of carbonyl (C=O) groups is 3. The van der Waals surface area contributed by atoms with Crippen molar-refractivity contribution in [2.45, 2.75) is 44.2 Å². The molecule has 1 unspecified atom stereocenters. The molecule has 2 fully saturated rings. The number of imide groups is 1. The highest BCUT2D eigenvalue weighted by atomic mass is 35.5. The van der Waals surface area contributed by atoms with Crippen LogP contribution in [0, 0.1) is 5.82 Å². The van der Waals surface area contributed by atoms with Gasteiger partial charge in [-0.2, -0.15) is 5.10 Å². The van der Waals surface area contributed by atoms with Crippen molar-refractivity contribution in [3.63, 3.8) is 0 Å². The van der Waals surface area contributed by atoms with E-state index in [0.717, 1.165) is 42.7 Å². The smallest absolute Gasteiger partial charge is 0.319 e. The van der Waals surface area contributed by atoms with Crippen LogP contribution in [0.15, 0.2) is 30.5 Å². The minimum Gasteiger partial charge on any atom is -0.319 e. The molecule has 2 heterocycles. The maximum absolute atomic E-state index is 13.4. The molecule has 1 aromatic heterocycles. The van der Waals surface area contributed by atoms with Gasteiger partial charge in [0, 0.05) is 16.7 Å². The van der Waals surface area contributed by atoms with Crippen molar-refractivity contribution in [1.82, 2.24) is 20.0 Å². The highest BCUT2D eigenvalue weighted by Crippen LogP contribution is 2.34. The quantitative estimate of drug-likeness (QED) is 0.708. The lowest BCUT2D eigenvalue weighted by atomic mass is 9.92. The highest BCUT2D eigenvalue weighted by Gasteiger charge is 2.50. The Hall–Kier alpha value is -2.94. The molecule has 158 valence electrons. The van der Waals surface area contributed by atoms with Gasteiger partial charge in [0.15, 0.2) is 0 Å². The molecule has 10 heteroatoms. The molecule has 4 rings (SSSR count). The largest absolute Gasteiger partial charge is 0.325 e. The molecular weight excluding hydrogens is 413 g/mol.